The molecule has 0 saturated carbocycles. The Morgan fingerprint density at radius 2 is 2.00 bits per heavy atom. The van der Waals surface area contributed by atoms with E-state index in [1.807, 2.05) is 64.8 Å². The molecule has 30 heavy (non-hydrogen) atoms. The van der Waals surface area contributed by atoms with Crippen molar-refractivity contribution < 1.29 is 4.79 Å². The summed E-state index contributed by atoms with van der Waals surface area (Å²) >= 11 is 1.50. The van der Waals surface area contributed by atoms with Crippen LogP contribution in [0.15, 0.2) is 59.6 Å². The largest absolute Gasteiger partial charge is 0.311 e. The van der Waals surface area contributed by atoms with Crippen LogP contribution in [0.5, 0.6) is 0 Å². The highest BCUT2D eigenvalue weighted by Crippen LogP contribution is 2.31. The quantitative estimate of drug-likeness (QED) is 0.456. The van der Waals surface area contributed by atoms with Gasteiger partial charge < -0.3 is 4.90 Å². The number of carbonyl (C=O) groups excluding carboxylic acids is 1. The molecule has 148 valence electrons. The molecule has 6 heteroatoms. The van der Waals surface area contributed by atoms with E-state index in [4.69, 9.17) is 0 Å². The van der Waals surface area contributed by atoms with Crippen LogP contribution in [0.1, 0.15) is 23.1 Å². The highest BCUT2D eigenvalue weighted by Gasteiger charge is 2.23. The van der Waals surface area contributed by atoms with Gasteiger partial charge in [0.25, 0.3) is 0 Å². The van der Waals surface area contributed by atoms with E-state index < -0.39 is 0 Å². The third-order valence-electron chi connectivity index (χ3n) is 5.61. The Labute approximate surface area is 178 Å². The molecule has 0 spiro atoms. The predicted octanol–water partition coefficient (Wildman–Crippen LogP) is 4.74. The zero-order valence-corrected chi connectivity index (χ0v) is 17.4. The van der Waals surface area contributed by atoms with Crippen molar-refractivity contribution in [2.45, 2.75) is 24.8 Å². The molecule has 0 saturated heterocycles. The number of imidazole rings is 1. The molecule has 2 aromatic heterocycles. The maximum Gasteiger partial charge on any atom is 0.237 e. The Bertz CT molecular complexity index is 1330. The van der Waals surface area contributed by atoms with Gasteiger partial charge in [-0.2, -0.15) is 5.26 Å². The lowest BCUT2D eigenvalue weighted by atomic mass is 10.0. The fourth-order valence-corrected chi connectivity index (χ4v) is 5.17. The number of thioether (sulfide) groups is 1. The molecule has 1 aliphatic rings. The SMILES string of the molecule is Cc1cc(SCC(=O)N2CCCc3ccccc32)n2c(nc3ccccc32)c1C#N. The van der Waals surface area contributed by atoms with E-state index in [-0.39, 0.29) is 5.91 Å². The van der Waals surface area contributed by atoms with Gasteiger partial charge in [-0.15, -0.1) is 0 Å². The second kappa shape index (κ2) is 7.51. The summed E-state index contributed by atoms with van der Waals surface area (Å²) < 4.78 is 2.00. The number of rotatable bonds is 3. The van der Waals surface area contributed by atoms with Crippen molar-refractivity contribution in [1.82, 2.24) is 9.38 Å². The number of anilines is 1. The van der Waals surface area contributed by atoms with Crippen molar-refractivity contribution in [2.75, 3.05) is 17.2 Å². The molecule has 0 aliphatic carbocycles. The number of hydrogen-bond donors (Lipinski definition) is 0. The molecule has 0 fully saturated rings. The minimum atomic E-state index is 0.103. The normalized spacial score (nSPS) is 13.4. The smallest absolute Gasteiger partial charge is 0.237 e. The van der Waals surface area contributed by atoms with E-state index in [0.717, 1.165) is 46.7 Å². The van der Waals surface area contributed by atoms with Gasteiger partial charge in [0.05, 0.1) is 27.4 Å². The molecular weight excluding hydrogens is 392 g/mol. The van der Waals surface area contributed by atoms with Gasteiger partial charge >= 0.3 is 0 Å². The molecule has 3 heterocycles. The second-order valence-electron chi connectivity index (χ2n) is 7.48. The number of fused-ring (bicyclic) bond motifs is 4. The maximum atomic E-state index is 13.1. The number of amides is 1. The van der Waals surface area contributed by atoms with Gasteiger partial charge in [-0.25, -0.2) is 4.98 Å². The lowest BCUT2D eigenvalue weighted by Crippen LogP contribution is -2.36. The predicted molar refractivity (Wildman–Crippen MR) is 120 cm³/mol. The third-order valence-corrected chi connectivity index (χ3v) is 6.59. The lowest BCUT2D eigenvalue weighted by Gasteiger charge is -2.29. The number of nitrogens with zero attached hydrogens (tertiary/aromatic N) is 4. The highest BCUT2D eigenvalue weighted by atomic mass is 32.2. The number of aromatic nitrogens is 2. The Kier molecular flexibility index (Phi) is 4.68. The molecule has 0 radical (unpaired) electrons. The minimum Gasteiger partial charge on any atom is -0.311 e. The number of nitriles is 1. The van der Waals surface area contributed by atoms with Crippen molar-refractivity contribution in [3.05, 3.63) is 71.3 Å². The summed E-state index contributed by atoms with van der Waals surface area (Å²) in [5.74, 6) is 0.438. The van der Waals surface area contributed by atoms with Gasteiger partial charge in [-0.05, 0) is 55.2 Å². The van der Waals surface area contributed by atoms with Gasteiger partial charge in [0, 0.05) is 12.2 Å². The van der Waals surface area contributed by atoms with Gasteiger partial charge in [0.1, 0.15) is 6.07 Å². The summed E-state index contributed by atoms with van der Waals surface area (Å²) in [6, 6.07) is 20.3. The Hall–Kier alpha value is -3.30. The fraction of sp³-hybridized carbons (Fsp3) is 0.208. The number of hydrogen-bond acceptors (Lipinski definition) is 4. The summed E-state index contributed by atoms with van der Waals surface area (Å²) in [6.45, 7) is 2.68. The molecule has 1 amide bonds. The Balaban J connectivity index is 1.51. The van der Waals surface area contributed by atoms with Crippen molar-refractivity contribution in [3.63, 3.8) is 0 Å². The first kappa shape index (κ1) is 18.7. The van der Waals surface area contributed by atoms with Crippen molar-refractivity contribution in [3.8, 4) is 6.07 Å². The van der Waals surface area contributed by atoms with Crippen molar-refractivity contribution in [2.24, 2.45) is 0 Å². The zero-order chi connectivity index (χ0) is 20.7. The van der Waals surface area contributed by atoms with Gasteiger partial charge in [-0.1, -0.05) is 42.1 Å². The summed E-state index contributed by atoms with van der Waals surface area (Å²) in [4.78, 5) is 19.7. The summed E-state index contributed by atoms with van der Waals surface area (Å²) in [7, 11) is 0. The van der Waals surface area contributed by atoms with Crippen LogP contribution >= 0.6 is 11.8 Å². The monoisotopic (exact) mass is 412 g/mol. The van der Waals surface area contributed by atoms with Gasteiger partial charge in [0.15, 0.2) is 5.65 Å². The Morgan fingerprint density at radius 1 is 1.20 bits per heavy atom. The number of carbonyl (C=O) groups is 1. The summed E-state index contributed by atoms with van der Waals surface area (Å²) in [6.07, 6.45) is 2.00. The van der Waals surface area contributed by atoms with Crippen LogP contribution in [-0.2, 0) is 11.2 Å². The van der Waals surface area contributed by atoms with Crippen molar-refractivity contribution in [1.29, 1.82) is 5.26 Å². The molecule has 2 aromatic carbocycles. The molecule has 0 atom stereocenters. The van der Waals surface area contributed by atoms with E-state index in [0.29, 0.717) is 17.0 Å². The van der Waals surface area contributed by atoms with Crippen molar-refractivity contribution >= 4 is 40.0 Å². The second-order valence-corrected chi connectivity index (χ2v) is 8.47. The van der Waals surface area contributed by atoms with Crippen LogP contribution in [0.2, 0.25) is 0 Å². The van der Waals surface area contributed by atoms with Crippen LogP contribution in [0.3, 0.4) is 0 Å². The molecule has 4 aromatic rings. The van der Waals surface area contributed by atoms with E-state index in [2.05, 4.69) is 17.1 Å². The molecule has 5 rings (SSSR count). The van der Waals surface area contributed by atoms with Gasteiger partial charge in [-0.3, -0.25) is 9.20 Å². The number of benzene rings is 2. The molecule has 0 bridgehead atoms. The summed E-state index contributed by atoms with van der Waals surface area (Å²) in [5.41, 5.74) is 6.16. The van der Waals surface area contributed by atoms with Crippen LogP contribution in [0.4, 0.5) is 5.69 Å². The lowest BCUT2D eigenvalue weighted by molar-refractivity contribution is -0.116. The summed E-state index contributed by atoms with van der Waals surface area (Å²) in [5, 5.41) is 10.6. The van der Waals surface area contributed by atoms with E-state index in [9.17, 15) is 10.1 Å². The van der Waals surface area contributed by atoms with E-state index in [1.54, 1.807) is 0 Å². The number of para-hydroxylation sites is 3. The standard InChI is InChI=1S/C24H20N4OS/c1-16-13-23(28-21-11-5-3-9-19(21)26-24(28)18(16)14-25)30-15-22(29)27-12-6-8-17-7-2-4-10-20(17)27/h2-5,7,9-11,13H,6,8,12,15H2,1H3. The molecule has 1 aliphatic heterocycles. The first-order valence-corrected chi connectivity index (χ1v) is 11.0. The maximum absolute atomic E-state index is 13.1. The van der Waals surface area contributed by atoms with Crippen LogP contribution in [-0.4, -0.2) is 27.6 Å². The minimum absolute atomic E-state index is 0.103. The molecule has 0 N–H and O–H groups in total. The first-order valence-electron chi connectivity index (χ1n) is 9.99. The number of pyridine rings is 1. The average molecular weight is 413 g/mol. The van der Waals surface area contributed by atoms with Crippen LogP contribution < -0.4 is 4.90 Å². The first-order chi connectivity index (χ1) is 14.7. The topological polar surface area (TPSA) is 61.4 Å². The number of aryl methyl sites for hydroxylation is 2. The third kappa shape index (κ3) is 3.03. The fourth-order valence-electron chi connectivity index (χ4n) is 4.17. The Morgan fingerprint density at radius 3 is 2.87 bits per heavy atom. The van der Waals surface area contributed by atoms with Crippen LogP contribution in [0.25, 0.3) is 16.7 Å². The molecular formula is C24H20N4OS. The average Bonchev–Trinajstić information content (AvgIpc) is 3.16. The molecule has 5 nitrogen and oxygen atoms in total. The van der Waals surface area contributed by atoms with Crippen LogP contribution in [0, 0.1) is 18.3 Å². The highest BCUT2D eigenvalue weighted by molar-refractivity contribution is 7.99. The zero-order valence-electron chi connectivity index (χ0n) is 16.6. The van der Waals surface area contributed by atoms with Gasteiger partial charge in [0.2, 0.25) is 5.91 Å². The van der Waals surface area contributed by atoms with E-state index in [1.165, 1.54) is 17.3 Å². The molecule has 0 unspecified atom stereocenters. The van der Waals surface area contributed by atoms with E-state index >= 15 is 0 Å².